The summed E-state index contributed by atoms with van der Waals surface area (Å²) in [6.07, 6.45) is 0. The van der Waals surface area contributed by atoms with Crippen LogP contribution in [0.3, 0.4) is 0 Å². The molecule has 0 aliphatic carbocycles. The predicted molar refractivity (Wildman–Crippen MR) is 84.4 cm³/mol. The van der Waals surface area contributed by atoms with E-state index < -0.39 is 0 Å². The summed E-state index contributed by atoms with van der Waals surface area (Å²) in [6, 6.07) is 15.7. The summed E-state index contributed by atoms with van der Waals surface area (Å²) in [6.45, 7) is 2.35. The monoisotopic (exact) mass is 298 g/mol. The number of nitrogens with zero attached hydrogens (tertiary/aromatic N) is 3. The first-order chi connectivity index (χ1) is 10.2. The van der Waals surface area contributed by atoms with E-state index in [-0.39, 0.29) is 0 Å². The van der Waals surface area contributed by atoms with Crippen molar-refractivity contribution in [2.24, 2.45) is 5.73 Å². The van der Waals surface area contributed by atoms with Gasteiger partial charge in [0.25, 0.3) is 0 Å². The fourth-order valence-electron chi connectivity index (χ4n) is 2.31. The van der Waals surface area contributed by atoms with E-state index in [9.17, 15) is 0 Å². The normalized spacial score (nSPS) is 10.8. The van der Waals surface area contributed by atoms with Crippen LogP contribution in [0.5, 0.6) is 0 Å². The smallest absolute Gasteiger partial charge is 0.105 e. The van der Waals surface area contributed by atoms with Crippen LogP contribution < -0.4 is 5.73 Å². The molecule has 1 aromatic heterocycles. The van der Waals surface area contributed by atoms with Gasteiger partial charge in [-0.1, -0.05) is 47.1 Å². The van der Waals surface area contributed by atoms with Crippen LogP contribution in [0.15, 0.2) is 48.5 Å². The van der Waals surface area contributed by atoms with Gasteiger partial charge < -0.3 is 5.73 Å². The molecule has 0 bridgehead atoms. The molecule has 0 fully saturated rings. The Morgan fingerprint density at radius 2 is 1.95 bits per heavy atom. The second kappa shape index (κ2) is 5.68. The SMILES string of the molecule is Cc1cccc(-n2nnc(CN)c2-c2ccccc2Cl)c1. The van der Waals surface area contributed by atoms with Crippen molar-refractivity contribution in [3.05, 3.63) is 64.8 Å². The maximum absolute atomic E-state index is 6.33. The number of hydrogen-bond acceptors (Lipinski definition) is 3. The topological polar surface area (TPSA) is 56.7 Å². The van der Waals surface area contributed by atoms with E-state index in [2.05, 4.69) is 16.4 Å². The summed E-state index contributed by atoms with van der Waals surface area (Å²) in [5, 5.41) is 9.09. The molecule has 5 heteroatoms. The zero-order valence-corrected chi connectivity index (χ0v) is 12.4. The van der Waals surface area contributed by atoms with E-state index in [1.807, 2.05) is 49.4 Å². The number of nitrogens with two attached hydrogens (primary N) is 1. The minimum atomic E-state index is 0.312. The number of aryl methyl sites for hydroxylation is 1. The fraction of sp³-hybridized carbons (Fsp3) is 0.125. The number of benzene rings is 2. The highest BCUT2D eigenvalue weighted by Gasteiger charge is 2.17. The Morgan fingerprint density at radius 3 is 2.67 bits per heavy atom. The van der Waals surface area contributed by atoms with Gasteiger partial charge in [-0.3, -0.25) is 0 Å². The van der Waals surface area contributed by atoms with Gasteiger partial charge in [0.1, 0.15) is 11.4 Å². The number of halogens is 1. The van der Waals surface area contributed by atoms with Gasteiger partial charge in [0.05, 0.1) is 10.7 Å². The predicted octanol–water partition coefficient (Wildman–Crippen LogP) is 3.35. The summed E-state index contributed by atoms with van der Waals surface area (Å²) in [7, 11) is 0. The van der Waals surface area contributed by atoms with Crippen molar-refractivity contribution in [3.8, 4) is 16.9 Å². The minimum Gasteiger partial charge on any atom is -0.325 e. The quantitative estimate of drug-likeness (QED) is 0.806. The Balaban J connectivity index is 2.24. The molecule has 0 radical (unpaired) electrons. The highest BCUT2D eigenvalue weighted by Crippen LogP contribution is 2.31. The lowest BCUT2D eigenvalue weighted by Gasteiger charge is -2.10. The molecule has 3 rings (SSSR count). The highest BCUT2D eigenvalue weighted by molar-refractivity contribution is 6.33. The van der Waals surface area contributed by atoms with Crippen LogP contribution in [0.25, 0.3) is 16.9 Å². The Bertz CT molecular complexity index is 779. The van der Waals surface area contributed by atoms with Crippen molar-refractivity contribution in [1.82, 2.24) is 15.0 Å². The summed E-state index contributed by atoms with van der Waals surface area (Å²) >= 11 is 6.33. The Morgan fingerprint density at radius 1 is 1.14 bits per heavy atom. The third-order valence-corrected chi connectivity index (χ3v) is 3.64. The maximum atomic E-state index is 6.33. The van der Waals surface area contributed by atoms with Gasteiger partial charge in [-0.25, -0.2) is 4.68 Å². The molecular weight excluding hydrogens is 284 g/mol. The van der Waals surface area contributed by atoms with E-state index in [0.29, 0.717) is 11.6 Å². The molecule has 1 heterocycles. The molecule has 2 aromatic carbocycles. The molecule has 3 aromatic rings. The third-order valence-electron chi connectivity index (χ3n) is 3.31. The van der Waals surface area contributed by atoms with Gasteiger partial charge in [-0.2, -0.15) is 0 Å². The molecule has 0 aliphatic rings. The standard InChI is InChI=1S/C16H15ClN4/c1-11-5-4-6-12(9-11)21-16(15(10-18)19-20-21)13-7-2-3-8-14(13)17/h2-9H,10,18H2,1H3. The van der Waals surface area contributed by atoms with Gasteiger partial charge in [0, 0.05) is 12.1 Å². The second-order valence-electron chi connectivity index (χ2n) is 4.82. The number of aromatic nitrogens is 3. The van der Waals surface area contributed by atoms with Crippen LogP contribution in [0.4, 0.5) is 0 Å². The molecular formula is C16H15ClN4. The maximum Gasteiger partial charge on any atom is 0.105 e. The van der Waals surface area contributed by atoms with Crippen LogP contribution in [0.2, 0.25) is 5.02 Å². The van der Waals surface area contributed by atoms with Crippen LogP contribution in [0, 0.1) is 6.92 Å². The van der Waals surface area contributed by atoms with Crippen molar-refractivity contribution >= 4 is 11.6 Å². The summed E-state index contributed by atoms with van der Waals surface area (Å²) in [4.78, 5) is 0. The summed E-state index contributed by atoms with van der Waals surface area (Å²) in [5.41, 5.74) is 10.3. The van der Waals surface area contributed by atoms with E-state index in [0.717, 1.165) is 28.2 Å². The van der Waals surface area contributed by atoms with Crippen molar-refractivity contribution in [2.45, 2.75) is 13.5 Å². The van der Waals surface area contributed by atoms with Gasteiger partial charge in [0.2, 0.25) is 0 Å². The molecule has 0 amide bonds. The first-order valence-electron chi connectivity index (χ1n) is 6.67. The molecule has 2 N–H and O–H groups in total. The average molecular weight is 299 g/mol. The molecule has 106 valence electrons. The summed E-state index contributed by atoms with van der Waals surface area (Å²) in [5.74, 6) is 0. The largest absolute Gasteiger partial charge is 0.325 e. The first kappa shape index (κ1) is 13.8. The molecule has 0 aliphatic heterocycles. The van der Waals surface area contributed by atoms with Gasteiger partial charge in [-0.05, 0) is 30.7 Å². The van der Waals surface area contributed by atoms with Crippen LogP contribution >= 0.6 is 11.6 Å². The Hall–Kier alpha value is -2.17. The molecule has 0 saturated carbocycles. The zero-order chi connectivity index (χ0) is 14.8. The third kappa shape index (κ3) is 2.55. The lowest BCUT2D eigenvalue weighted by molar-refractivity contribution is 0.799. The Labute approximate surface area is 128 Å². The molecule has 0 unspecified atom stereocenters. The average Bonchev–Trinajstić information content (AvgIpc) is 2.91. The molecule has 0 spiro atoms. The zero-order valence-electron chi connectivity index (χ0n) is 11.6. The van der Waals surface area contributed by atoms with Gasteiger partial charge in [0.15, 0.2) is 0 Å². The second-order valence-corrected chi connectivity index (χ2v) is 5.23. The van der Waals surface area contributed by atoms with Crippen molar-refractivity contribution in [1.29, 1.82) is 0 Å². The molecule has 4 nitrogen and oxygen atoms in total. The lowest BCUT2D eigenvalue weighted by Crippen LogP contribution is -2.03. The molecule has 0 atom stereocenters. The minimum absolute atomic E-state index is 0.312. The van der Waals surface area contributed by atoms with Crippen LogP contribution in [-0.2, 0) is 6.54 Å². The van der Waals surface area contributed by atoms with E-state index >= 15 is 0 Å². The Kier molecular flexibility index (Phi) is 3.73. The number of rotatable bonds is 3. The van der Waals surface area contributed by atoms with E-state index in [1.54, 1.807) is 4.68 Å². The van der Waals surface area contributed by atoms with Crippen molar-refractivity contribution in [2.75, 3.05) is 0 Å². The van der Waals surface area contributed by atoms with E-state index in [4.69, 9.17) is 17.3 Å². The van der Waals surface area contributed by atoms with Crippen molar-refractivity contribution < 1.29 is 0 Å². The molecule has 21 heavy (non-hydrogen) atoms. The summed E-state index contributed by atoms with van der Waals surface area (Å²) < 4.78 is 1.79. The van der Waals surface area contributed by atoms with Gasteiger partial charge in [-0.15, -0.1) is 5.10 Å². The first-order valence-corrected chi connectivity index (χ1v) is 7.05. The van der Waals surface area contributed by atoms with Gasteiger partial charge >= 0.3 is 0 Å². The van der Waals surface area contributed by atoms with Crippen LogP contribution in [-0.4, -0.2) is 15.0 Å². The number of hydrogen-bond donors (Lipinski definition) is 1. The lowest BCUT2D eigenvalue weighted by atomic mass is 10.1. The highest BCUT2D eigenvalue weighted by atomic mass is 35.5. The van der Waals surface area contributed by atoms with Crippen molar-refractivity contribution in [3.63, 3.8) is 0 Å². The fourth-order valence-corrected chi connectivity index (χ4v) is 2.54. The van der Waals surface area contributed by atoms with E-state index in [1.165, 1.54) is 0 Å². The van der Waals surface area contributed by atoms with Crippen LogP contribution in [0.1, 0.15) is 11.3 Å². The molecule has 0 saturated heterocycles.